The topological polar surface area (TPSA) is 165 Å². The number of carbonyl (C=O) groups excluding carboxylic acids is 3. The van der Waals surface area contributed by atoms with E-state index in [-0.39, 0.29) is 13.2 Å². The maximum Gasteiger partial charge on any atom is 0.329 e. The van der Waals surface area contributed by atoms with E-state index in [1.807, 2.05) is 0 Å². The molecule has 0 aliphatic carbocycles. The van der Waals surface area contributed by atoms with Crippen molar-refractivity contribution in [2.75, 3.05) is 32.8 Å². The molecule has 0 unspecified atom stereocenters. The van der Waals surface area contributed by atoms with Crippen molar-refractivity contribution in [2.24, 2.45) is 11.5 Å². The highest BCUT2D eigenvalue weighted by atomic mass is 16.5. The van der Waals surface area contributed by atoms with Crippen molar-refractivity contribution in [3.63, 3.8) is 0 Å². The van der Waals surface area contributed by atoms with Crippen LogP contribution in [-0.2, 0) is 19.1 Å². The molecular weight excluding hydrogens is 260 g/mol. The lowest BCUT2D eigenvalue weighted by atomic mass is 10.4. The summed E-state index contributed by atoms with van der Waals surface area (Å²) in [4.78, 5) is 43.9. The lowest BCUT2D eigenvalue weighted by molar-refractivity contribution is -0.142. The first-order valence-electron chi connectivity index (χ1n) is 5.22. The van der Waals surface area contributed by atoms with Crippen molar-refractivity contribution >= 4 is 23.8 Å². The van der Waals surface area contributed by atoms with Crippen LogP contribution in [0.4, 0.5) is 4.79 Å². The second-order valence-electron chi connectivity index (χ2n) is 3.47. The molecule has 0 aromatic rings. The molecule has 10 nitrogen and oxygen atoms in total. The van der Waals surface area contributed by atoms with E-state index in [1.54, 1.807) is 0 Å². The molecule has 10 heteroatoms. The number of carboxylic acids is 1. The number of nitrogens with two attached hydrogens (primary N) is 2. The summed E-state index contributed by atoms with van der Waals surface area (Å²) < 4.78 is 4.67. The van der Waals surface area contributed by atoms with Crippen molar-refractivity contribution in [1.82, 2.24) is 10.2 Å². The van der Waals surface area contributed by atoms with E-state index in [0.717, 1.165) is 4.90 Å². The molecule has 0 saturated heterocycles. The Morgan fingerprint density at radius 1 is 1.11 bits per heavy atom. The van der Waals surface area contributed by atoms with Gasteiger partial charge >= 0.3 is 12.0 Å². The fourth-order valence-corrected chi connectivity index (χ4v) is 1.08. The molecule has 0 saturated carbocycles. The number of carboxylic acid groups (broad SMARTS) is 1. The first-order chi connectivity index (χ1) is 8.82. The van der Waals surface area contributed by atoms with Crippen LogP contribution in [0.15, 0.2) is 0 Å². The predicted molar refractivity (Wildman–Crippen MR) is 61.8 cm³/mol. The third-order valence-electron chi connectivity index (χ3n) is 1.73. The third-order valence-corrected chi connectivity index (χ3v) is 1.73. The van der Waals surface area contributed by atoms with Crippen LogP contribution in [0.5, 0.6) is 0 Å². The number of hydrogen-bond donors (Lipinski definition) is 4. The van der Waals surface area contributed by atoms with E-state index in [0.29, 0.717) is 0 Å². The lowest BCUT2D eigenvalue weighted by Gasteiger charge is -2.19. The second-order valence-corrected chi connectivity index (χ2v) is 3.47. The molecule has 0 rings (SSSR count). The molecule has 4 amide bonds. The van der Waals surface area contributed by atoms with Gasteiger partial charge in [0.15, 0.2) is 0 Å². The monoisotopic (exact) mass is 276 g/mol. The highest BCUT2D eigenvalue weighted by Crippen LogP contribution is 1.89. The Hall–Kier alpha value is -2.36. The molecule has 108 valence electrons. The van der Waals surface area contributed by atoms with Gasteiger partial charge in [-0.25, -0.2) is 9.59 Å². The van der Waals surface area contributed by atoms with Crippen molar-refractivity contribution in [3.8, 4) is 0 Å². The molecule has 19 heavy (non-hydrogen) atoms. The van der Waals surface area contributed by atoms with E-state index in [1.165, 1.54) is 0 Å². The SMILES string of the molecule is NC(=O)CN(CC(N)=O)C(=O)NCCOCC(=O)O. The average Bonchev–Trinajstić information content (AvgIpc) is 2.25. The number of aliphatic carboxylic acids is 1. The number of rotatable bonds is 9. The molecule has 0 aromatic carbocycles. The maximum atomic E-state index is 11.5. The average molecular weight is 276 g/mol. The number of amides is 4. The van der Waals surface area contributed by atoms with E-state index < -0.39 is 43.5 Å². The standard InChI is InChI=1S/C9H16N4O6/c10-6(14)3-13(4-7(11)15)9(18)12-1-2-19-5-8(16)17/h1-5H2,(H2,10,14)(H2,11,15)(H,12,18)(H,16,17). The summed E-state index contributed by atoms with van der Waals surface area (Å²) in [5.74, 6) is -2.72. The minimum Gasteiger partial charge on any atom is -0.480 e. The number of primary amides is 2. The van der Waals surface area contributed by atoms with E-state index in [4.69, 9.17) is 16.6 Å². The van der Waals surface area contributed by atoms with Crippen LogP contribution in [-0.4, -0.2) is 66.7 Å². The van der Waals surface area contributed by atoms with Gasteiger partial charge in [0.2, 0.25) is 11.8 Å². The molecule has 0 aliphatic heterocycles. The van der Waals surface area contributed by atoms with Crippen LogP contribution in [0.25, 0.3) is 0 Å². The molecule has 0 heterocycles. The number of nitrogens with zero attached hydrogens (tertiary/aromatic N) is 1. The Bertz CT molecular complexity index is 343. The summed E-state index contributed by atoms with van der Waals surface area (Å²) in [5, 5.41) is 10.6. The van der Waals surface area contributed by atoms with Crippen LogP contribution < -0.4 is 16.8 Å². The Morgan fingerprint density at radius 2 is 1.63 bits per heavy atom. The van der Waals surface area contributed by atoms with Crippen molar-refractivity contribution < 1.29 is 29.0 Å². The van der Waals surface area contributed by atoms with Crippen molar-refractivity contribution in [1.29, 1.82) is 0 Å². The molecule has 0 spiro atoms. The van der Waals surface area contributed by atoms with E-state index >= 15 is 0 Å². The van der Waals surface area contributed by atoms with Crippen LogP contribution in [0.1, 0.15) is 0 Å². The summed E-state index contributed by atoms with van der Waals surface area (Å²) in [6.07, 6.45) is 0. The number of carbonyl (C=O) groups is 4. The molecule has 6 N–H and O–H groups in total. The van der Waals surface area contributed by atoms with Crippen molar-refractivity contribution in [2.45, 2.75) is 0 Å². The van der Waals surface area contributed by atoms with Crippen LogP contribution in [0.3, 0.4) is 0 Å². The normalized spacial score (nSPS) is 9.68. The number of urea groups is 1. The van der Waals surface area contributed by atoms with Gasteiger partial charge in [0.25, 0.3) is 0 Å². The molecule has 0 fully saturated rings. The maximum absolute atomic E-state index is 11.5. The first kappa shape index (κ1) is 16.6. The van der Waals surface area contributed by atoms with Crippen LogP contribution >= 0.6 is 0 Å². The quantitative estimate of drug-likeness (QED) is 0.329. The molecule has 0 radical (unpaired) electrons. The molecule has 0 aromatic heterocycles. The first-order valence-corrected chi connectivity index (χ1v) is 5.22. The minimum absolute atomic E-state index is 0.0140. The van der Waals surface area contributed by atoms with Gasteiger partial charge in [-0.1, -0.05) is 0 Å². The predicted octanol–water partition coefficient (Wildman–Crippen LogP) is -2.93. The van der Waals surface area contributed by atoms with Crippen molar-refractivity contribution in [3.05, 3.63) is 0 Å². The molecular formula is C9H16N4O6. The third kappa shape index (κ3) is 9.35. The number of nitrogens with one attached hydrogen (secondary N) is 1. The van der Waals surface area contributed by atoms with Gasteiger partial charge in [0.1, 0.15) is 19.7 Å². The Balaban J connectivity index is 4.06. The summed E-state index contributed by atoms with van der Waals surface area (Å²) in [6, 6.07) is -0.725. The number of ether oxygens (including phenoxy) is 1. The Labute approximate surface area is 108 Å². The van der Waals surface area contributed by atoms with Crippen LogP contribution in [0, 0.1) is 0 Å². The highest BCUT2D eigenvalue weighted by molar-refractivity contribution is 5.87. The van der Waals surface area contributed by atoms with Gasteiger partial charge in [-0.15, -0.1) is 0 Å². The zero-order valence-corrected chi connectivity index (χ0v) is 10.1. The highest BCUT2D eigenvalue weighted by Gasteiger charge is 2.17. The van der Waals surface area contributed by atoms with Gasteiger partial charge in [-0.3, -0.25) is 9.59 Å². The second kappa shape index (κ2) is 8.69. The Morgan fingerprint density at radius 3 is 2.05 bits per heavy atom. The van der Waals surface area contributed by atoms with Gasteiger partial charge in [0.05, 0.1) is 6.61 Å². The zero-order chi connectivity index (χ0) is 14.8. The summed E-state index contributed by atoms with van der Waals surface area (Å²) in [6.45, 7) is -1.41. The molecule has 0 aliphatic rings. The van der Waals surface area contributed by atoms with E-state index in [9.17, 15) is 19.2 Å². The largest absolute Gasteiger partial charge is 0.480 e. The smallest absolute Gasteiger partial charge is 0.329 e. The lowest BCUT2D eigenvalue weighted by Crippen LogP contribution is -2.48. The fourth-order valence-electron chi connectivity index (χ4n) is 1.08. The van der Waals surface area contributed by atoms with Crippen LogP contribution in [0.2, 0.25) is 0 Å². The van der Waals surface area contributed by atoms with Gasteiger partial charge in [-0.2, -0.15) is 0 Å². The van der Waals surface area contributed by atoms with Gasteiger partial charge in [0, 0.05) is 6.54 Å². The van der Waals surface area contributed by atoms with Gasteiger partial charge < -0.3 is 31.5 Å². The summed E-state index contributed by atoms with van der Waals surface area (Å²) >= 11 is 0. The summed E-state index contributed by atoms with van der Waals surface area (Å²) in [7, 11) is 0. The number of hydrogen-bond acceptors (Lipinski definition) is 5. The summed E-state index contributed by atoms with van der Waals surface area (Å²) in [5.41, 5.74) is 9.83. The molecule has 0 bridgehead atoms. The molecule has 0 atom stereocenters. The van der Waals surface area contributed by atoms with Gasteiger partial charge in [-0.05, 0) is 0 Å². The Kier molecular flexibility index (Phi) is 7.61. The fraction of sp³-hybridized carbons (Fsp3) is 0.556. The minimum atomic E-state index is -1.13. The zero-order valence-electron chi connectivity index (χ0n) is 10.1. The van der Waals surface area contributed by atoms with E-state index in [2.05, 4.69) is 10.1 Å².